The largest absolute Gasteiger partial charge is 0.419 e. The molecule has 2 aliphatic rings. The second-order valence-electron chi connectivity index (χ2n) is 9.32. The number of nitrogens with zero attached hydrogens (tertiary/aromatic N) is 6. The molecule has 4 N–H and O–H groups in total. The molecule has 0 bridgehead atoms. The lowest BCUT2D eigenvalue weighted by molar-refractivity contribution is -0.139. The fourth-order valence-corrected chi connectivity index (χ4v) is 4.83. The highest BCUT2D eigenvalue weighted by atomic mass is 19.4. The number of hydrogen-bond acceptors (Lipinski definition) is 7. The Kier molecular flexibility index (Phi) is 6.45. The summed E-state index contributed by atoms with van der Waals surface area (Å²) < 4.78 is 55.8. The number of piperidine rings is 1. The number of likely N-dealkylation sites (tertiary alicyclic amines) is 1. The van der Waals surface area contributed by atoms with Gasteiger partial charge in [-0.1, -0.05) is 0 Å². The highest BCUT2D eigenvalue weighted by Gasteiger charge is 2.35. The van der Waals surface area contributed by atoms with E-state index in [-0.39, 0.29) is 17.3 Å². The van der Waals surface area contributed by atoms with Gasteiger partial charge in [-0.2, -0.15) is 13.2 Å². The van der Waals surface area contributed by atoms with E-state index in [1.807, 2.05) is 4.57 Å². The molecule has 2 saturated heterocycles. The van der Waals surface area contributed by atoms with Crippen molar-refractivity contribution in [2.75, 3.05) is 49.1 Å². The van der Waals surface area contributed by atoms with Crippen LogP contribution in [0.4, 0.5) is 34.9 Å². The molecule has 0 amide bonds. The lowest BCUT2D eigenvalue weighted by Crippen LogP contribution is -2.39. The Labute approximate surface area is 205 Å². The first kappa shape index (κ1) is 24.3. The first-order valence-corrected chi connectivity index (χ1v) is 12.0. The second kappa shape index (κ2) is 9.57. The van der Waals surface area contributed by atoms with Crippen LogP contribution in [0.1, 0.15) is 36.6 Å². The van der Waals surface area contributed by atoms with Crippen molar-refractivity contribution >= 4 is 17.3 Å². The molecule has 5 rings (SSSR count). The van der Waals surface area contributed by atoms with Gasteiger partial charge in [-0.25, -0.2) is 19.3 Å². The average Bonchev–Trinajstić information content (AvgIpc) is 3.24. The van der Waals surface area contributed by atoms with Crippen LogP contribution in [-0.2, 0) is 12.7 Å². The first-order valence-electron chi connectivity index (χ1n) is 12.0. The predicted molar refractivity (Wildman–Crippen MR) is 129 cm³/mol. The third-order valence-corrected chi connectivity index (χ3v) is 7.03. The molecule has 3 aromatic rings. The molecular weight excluding hydrogens is 476 g/mol. The van der Waals surface area contributed by atoms with Crippen LogP contribution < -0.4 is 16.4 Å². The van der Waals surface area contributed by atoms with E-state index < -0.39 is 17.6 Å². The van der Waals surface area contributed by atoms with Gasteiger partial charge in [0.25, 0.3) is 0 Å². The monoisotopic (exact) mass is 504 g/mol. The quantitative estimate of drug-likeness (QED) is 0.493. The van der Waals surface area contributed by atoms with E-state index in [0.29, 0.717) is 36.8 Å². The van der Waals surface area contributed by atoms with E-state index in [2.05, 4.69) is 19.8 Å². The zero-order chi connectivity index (χ0) is 25.4. The van der Waals surface area contributed by atoms with Crippen LogP contribution in [0.2, 0.25) is 0 Å². The third kappa shape index (κ3) is 4.81. The third-order valence-electron chi connectivity index (χ3n) is 7.03. The molecule has 1 aromatic carbocycles. The summed E-state index contributed by atoms with van der Waals surface area (Å²) >= 11 is 0. The molecule has 2 fully saturated rings. The van der Waals surface area contributed by atoms with Crippen LogP contribution in [0.15, 0.2) is 30.7 Å². The van der Waals surface area contributed by atoms with E-state index in [4.69, 9.17) is 16.5 Å². The molecular formula is C24H28F4N8. The maximum absolute atomic E-state index is 13.9. The molecule has 2 aliphatic heterocycles. The molecule has 4 heterocycles. The summed E-state index contributed by atoms with van der Waals surface area (Å²) in [6.45, 7) is 4.97. The number of aromatic nitrogens is 4. The molecule has 0 unspecified atom stereocenters. The molecule has 36 heavy (non-hydrogen) atoms. The maximum Gasteiger partial charge on any atom is 0.419 e. The predicted octanol–water partition coefficient (Wildman–Crippen LogP) is 3.75. The van der Waals surface area contributed by atoms with Crippen molar-refractivity contribution in [3.63, 3.8) is 0 Å². The zero-order valence-corrected chi connectivity index (χ0v) is 19.7. The summed E-state index contributed by atoms with van der Waals surface area (Å²) in [4.78, 5) is 17.4. The van der Waals surface area contributed by atoms with E-state index >= 15 is 0 Å². The fraction of sp³-hybridized carbons (Fsp3) is 0.458. The molecule has 2 aromatic heterocycles. The van der Waals surface area contributed by atoms with Gasteiger partial charge in [0.2, 0.25) is 0 Å². The Morgan fingerprint density at radius 2 is 1.75 bits per heavy atom. The van der Waals surface area contributed by atoms with Crippen LogP contribution in [0, 0.1) is 5.82 Å². The summed E-state index contributed by atoms with van der Waals surface area (Å²) in [5, 5.41) is 0. The van der Waals surface area contributed by atoms with Crippen molar-refractivity contribution in [3.8, 4) is 11.3 Å². The van der Waals surface area contributed by atoms with Gasteiger partial charge in [0.1, 0.15) is 23.7 Å². The van der Waals surface area contributed by atoms with Crippen molar-refractivity contribution in [3.05, 3.63) is 47.9 Å². The summed E-state index contributed by atoms with van der Waals surface area (Å²) in [5.74, 6) is 0.493. The Balaban J connectivity index is 1.40. The standard InChI is InChI=1S/C24H28F4N8/c25-18-3-2-16(12-17(18)24(26,27)28)19-13-36(11-10-34-6-1-7-34)22(33-19)15-4-8-35(9-5-15)23-20(29)21(30)31-14-32-23/h2-3,12-15H,1,4-11,29H2,(H2,30,31,32). The Bertz CT molecular complexity index is 1230. The minimum absolute atomic E-state index is 0.106. The molecule has 8 nitrogen and oxygen atoms in total. The van der Waals surface area contributed by atoms with Crippen LogP contribution >= 0.6 is 0 Å². The van der Waals surface area contributed by atoms with Gasteiger partial charge < -0.3 is 25.8 Å². The number of halogens is 4. The van der Waals surface area contributed by atoms with Crippen molar-refractivity contribution < 1.29 is 17.6 Å². The van der Waals surface area contributed by atoms with Gasteiger partial charge >= 0.3 is 6.18 Å². The van der Waals surface area contributed by atoms with Crippen LogP contribution in [0.25, 0.3) is 11.3 Å². The molecule has 0 atom stereocenters. The smallest absolute Gasteiger partial charge is 0.393 e. The van der Waals surface area contributed by atoms with Gasteiger partial charge in [-0.3, -0.25) is 0 Å². The molecule has 0 spiro atoms. The molecule has 0 saturated carbocycles. The summed E-state index contributed by atoms with van der Waals surface area (Å²) in [6, 6.07) is 3.04. The van der Waals surface area contributed by atoms with Gasteiger partial charge in [0.05, 0.1) is 11.3 Å². The topological polar surface area (TPSA) is 102 Å². The minimum Gasteiger partial charge on any atom is -0.393 e. The highest BCUT2D eigenvalue weighted by Crippen LogP contribution is 2.36. The molecule has 0 radical (unpaired) electrons. The van der Waals surface area contributed by atoms with Gasteiger partial charge in [0, 0.05) is 43.9 Å². The van der Waals surface area contributed by atoms with E-state index in [0.717, 1.165) is 50.4 Å². The number of benzene rings is 1. The van der Waals surface area contributed by atoms with Crippen LogP contribution in [-0.4, -0.2) is 57.1 Å². The average molecular weight is 505 g/mol. The van der Waals surface area contributed by atoms with Gasteiger partial charge in [-0.15, -0.1) is 0 Å². The lowest BCUT2D eigenvalue weighted by Gasteiger charge is -2.34. The Morgan fingerprint density at radius 3 is 2.42 bits per heavy atom. The zero-order valence-electron chi connectivity index (χ0n) is 19.7. The maximum atomic E-state index is 13.9. The van der Waals surface area contributed by atoms with Crippen molar-refractivity contribution in [1.29, 1.82) is 0 Å². The minimum atomic E-state index is -4.78. The van der Waals surface area contributed by atoms with Gasteiger partial charge in [0.15, 0.2) is 11.6 Å². The summed E-state index contributed by atoms with van der Waals surface area (Å²) in [6.07, 6.45) is 1.11. The van der Waals surface area contributed by atoms with Crippen molar-refractivity contribution in [2.45, 2.75) is 37.9 Å². The van der Waals surface area contributed by atoms with Crippen LogP contribution in [0.5, 0.6) is 0 Å². The number of hydrogen-bond donors (Lipinski definition) is 2. The number of anilines is 3. The Morgan fingerprint density at radius 1 is 1.00 bits per heavy atom. The number of nitrogen functional groups attached to an aromatic ring is 2. The first-order chi connectivity index (χ1) is 17.2. The lowest BCUT2D eigenvalue weighted by atomic mass is 9.95. The number of nitrogens with two attached hydrogens (primary N) is 2. The van der Waals surface area contributed by atoms with Crippen LogP contribution in [0.3, 0.4) is 0 Å². The van der Waals surface area contributed by atoms with Gasteiger partial charge in [-0.05, 0) is 50.6 Å². The fourth-order valence-electron chi connectivity index (χ4n) is 4.83. The highest BCUT2D eigenvalue weighted by molar-refractivity contribution is 5.73. The van der Waals surface area contributed by atoms with E-state index in [1.54, 1.807) is 6.20 Å². The summed E-state index contributed by atoms with van der Waals surface area (Å²) in [5.41, 5.74) is 11.6. The summed E-state index contributed by atoms with van der Waals surface area (Å²) in [7, 11) is 0. The molecule has 0 aliphatic carbocycles. The number of imidazole rings is 1. The second-order valence-corrected chi connectivity index (χ2v) is 9.32. The SMILES string of the molecule is Nc1ncnc(N2CCC(c3nc(-c4ccc(F)c(C(F)(F)F)c4)cn3CCN3CCC3)CC2)c1N. The Hall–Kier alpha value is -3.41. The normalized spacial score (nSPS) is 17.4. The van der Waals surface area contributed by atoms with E-state index in [1.165, 1.54) is 18.8 Å². The number of alkyl halides is 3. The van der Waals surface area contributed by atoms with Crippen molar-refractivity contribution in [1.82, 2.24) is 24.4 Å². The molecule has 12 heteroatoms. The van der Waals surface area contributed by atoms with E-state index in [9.17, 15) is 17.6 Å². The van der Waals surface area contributed by atoms with Crippen molar-refractivity contribution in [2.24, 2.45) is 0 Å². The molecule has 192 valence electrons. The number of rotatable bonds is 6.